The Bertz CT molecular complexity index is 256. The number of aliphatic hydroxyl groups excluding tert-OH is 3. The van der Waals surface area contributed by atoms with Gasteiger partial charge in [-0.05, 0) is 25.3 Å². The molecule has 0 aromatic rings. The first-order valence-electron chi connectivity index (χ1n) is 7.90. The van der Waals surface area contributed by atoms with Gasteiger partial charge in [0.1, 0.15) is 0 Å². The van der Waals surface area contributed by atoms with Crippen molar-refractivity contribution in [2.24, 2.45) is 11.8 Å². The molecule has 1 saturated carbocycles. The summed E-state index contributed by atoms with van der Waals surface area (Å²) in [6.07, 6.45) is 7.97. The summed E-state index contributed by atoms with van der Waals surface area (Å²) in [6, 6.07) is 0. The Morgan fingerprint density at radius 2 is 1.74 bits per heavy atom. The zero-order valence-electron chi connectivity index (χ0n) is 11.9. The van der Waals surface area contributed by atoms with Crippen LogP contribution in [0.25, 0.3) is 0 Å². The van der Waals surface area contributed by atoms with E-state index in [2.05, 4.69) is 4.90 Å². The van der Waals surface area contributed by atoms with Crippen LogP contribution in [0.15, 0.2) is 0 Å². The molecule has 0 aromatic heterocycles. The third-order valence-corrected chi connectivity index (χ3v) is 4.86. The molecule has 0 radical (unpaired) electrons. The van der Waals surface area contributed by atoms with E-state index in [1.807, 2.05) is 0 Å². The summed E-state index contributed by atoms with van der Waals surface area (Å²) in [6.45, 7) is 2.19. The number of piperidine rings is 1. The van der Waals surface area contributed by atoms with Crippen molar-refractivity contribution >= 4 is 0 Å². The number of rotatable bonds is 5. The highest BCUT2D eigenvalue weighted by molar-refractivity contribution is 4.86. The Morgan fingerprint density at radius 3 is 2.42 bits per heavy atom. The summed E-state index contributed by atoms with van der Waals surface area (Å²) in [4.78, 5) is 2.20. The number of likely N-dealkylation sites (tertiary alicyclic amines) is 1. The summed E-state index contributed by atoms with van der Waals surface area (Å²) < 4.78 is 0. The van der Waals surface area contributed by atoms with E-state index in [1.54, 1.807) is 0 Å². The molecular weight excluding hydrogens is 242 g/mol. The van der Waals surface area contributed by atoms with E-state index >= 15 is 0 Å². The lowest BCUT2D eigenvalue weighted by Crippen LogP contribution is -2.53. The fraction of sp³-hybridized carbons (Fsp3) is 1.00. The van der Waals surface area contributed by atoms with Gasteiger partial charge in [0, 0.05) is 25.6 Å². The van der Waals surface area contributed by atoms with Gasteiger partial charge in [-0.3, -0.25) is 0 Å². The second-order valence-electron chi connectivity index (χ2n) is 6.41. The molecule has 19 heavy (non-hydrogen) atoms. The fourth-order valence-electron chi connectivity index (χ4n) is 3.63. The van der Waals surface area contributed by atoms with E-state index in [4.69, 9.17) is 0 Å². The molecule has 0 aromatic carbocycles. The van der Waals surface area contributed by atoms with E-state index in [1.165, 1.54) is 44.9 Å². The van der Waals surface area contributed by atoms with Gasteiger partial charge in [-0.25, -0.2) is 0 Å². The summed E-state index contributed by atoms with van der Waals surface area (Å²) in [5.74, 6) is 0.709. The number of hydrogen-bond donors (Lipinski definition) is 3. The molecule has 2 fully saturated rings. The minimum absolute atomic E-state index is 0.0443. The van der Waals surface area contributed by atoms with Crippen molar-refractivity contribution in [1.29, 1.82) is 0 Å². The van der Waals surface area contributed by atoms with Gasteiger partial charge >= 0.3 is 0 Å². The molecule has 3 N–H and O–H groups in total. The molecule has 1 saturated heterocycles. The number of nitrogens with zero attached hydrogens (tertiary/aromatic N) is 1. The summed E-state index contributed by atoms with van der Waals surface area (Å²) >= 11 is 0. The van der Waals surface area contributed by atoms with Gasteiger partial charge in [0.25, 0.3) is 0 Å². The van der Waals surface area contributed by atoms with Crippen LogP contribution in [0.5, 0.6) is 0 Å². The highest BCUT2D eigenvalue weighted by Gasteiger charge is 2.33. The van der Waals surface area contributed by atoms with E-state index in [9.17, 15) is 15.3 Å². The molecule has 4 nitrogen and oxygen atoms in total. The summed E-state index contributed by atoms with van der Waals surface area (Å²) in [5.41, 5.74) is 0. The standard InChI is InChI=1S/C15H29NO3/c17-11-13-9-16(10-14(18)15(13)19)8-4-7-12-5-2-1-3-6-12/h12-15,17-19H,1-11H2/t13-,14-,15-/m1/s1. The zero-order chi connectivity index (χ0) is 13.7. The molecule has 2 rings (SSSR count). The molecule has 0 unspecified atom stereocenters. The minimum atomic E-state index is -0.764. The molecule has 1 aliphatic heterocycles. The first-order valence-corrected chi connectivity index (χ1v) is 7.90. The van der Waals surface area contributed by atoms with Crippen LogP contribution in [0, 0.1) is 11.8 Å². The Labute approximate surface area is 116 Å². The van der Waals surface area contributed by atoms with Gasteiger partial charge in [-0.15, -0.1) is 0 Å². The SMILES string of the molecule is OC[C@H]1CN(CCCC2CCCCC2)C[C@@H](O)[C@@H]1O. The maximum Gasteiger partial charge on any atom is 0.0929 e. The maximum absolute atomic E-state index is 9.79. The van der Waals surface area contributed by atoms with E-state index in [-0.39, 0.29) is 12.5 Å². The third kappa shape index (κ3) is 4.42. The van der Waals surface area contributed by atoms with Crippen molar-refractivity contribution < 1.29 is 15.3 Å². The molecule has 3 atom stereocenters. The van der Waals surface area contributed by atoms with Crippen molar-refractivity contribution in [2.75, 3.05) is 26.2 Å². The maximum atomic E-state index is 9.79. The van der Waals surface area contributed by atoms with Crippen molar-refractivity contribution in [1.82, 2.24) is 4.90 Å². The topological polar surface area (TPSA) is 63.9 Å². The van der Waals surface area contributed by atoms with Crippen LogP contribution in [0.1, 0.15) is 44.9 Å². The Balaban J connectivity index is 1.67. The second kappa shape index (κ2) is 7.58. The molecule has 1 heterocycles. The van der Waals surface area contributed by atoms with E-state index in [0.717, 1.165) is 12.5 Å². The van der Waals surface area contributed by atoms with Crippen LogP contribution in [-0.2, 0) is 0 Å². The van der Waals surface area contributed by atoms with Crippen LogP contribution in [-0.4, -0.2) is 58.7 Å². The fourth-order valence-corrected chi connectivity index (χ4v) is 3.63. The molecular formula is C15H29NO3. The summed E-state index contributed by atoms with van der Waals surface area (Å²) in [7, 11) is 0. The average molecular weight is 271 g/mol. The largest absolute Gasteiger partial charge is 0.396 e. The van der Waals surface area contributed by atoms with Crippen molar-refractivity contribution in [3.63, 3.8) is 0 Å². The van der Waals surface area contributed by atoms with Crippen molar-refractivity contribution in [3.05, 3.63) is 0 Å². The monoisotopic (exact) mass is 271 g/mol. The minimum Gasteiger partial charge on any atom is -0.396 e. The quantitative estimate of drug-likeness (QED) is 0.698. The van der Waals surface area contributed by atoms with E-state index in [0.29, 0.717) is 13.1 Å². The van der Waals surface area contributed by atoms with Crippen LogP contribution in [0.3, 0.4) is 0 Å². The molecule has 0 spiro atoms. The van der Waals surface area contributed by atoms with Gasteiger partial charge < -0.3 is 20.2 Å². The van der Waals surface area contributed by atoms with Gasteiger partial charge in [-0.2, -0.15) is 0 Å². The van der Waals surface area contributed by atoms with Crippen molar-refractivity contribution in [2.45, 2.75) is 57.2 Å². The molecule has 2 aliphatic rings. The molecule has 112 valence electrons. The second-order valence-corrected chi connectivity index (χ2v) is 6.41. The highest BCUT2D eigenvalue weighted by atomic mass is 16.3. The van der Waals surface area contributed by atoms with Crippen molar-refractivity contribution in [3.8, 4) is 0 Å². The Kier molecular flexibility index (Phi) is 6.07. The lowest BCUT2D eigenvalue weighted by Gasteiger charge is -2.38. The van der Waals surface area contributed by atoms with Gasteiger partial charge in [0.05, 0.1) is 12.2 Å². The van der Waals surface area contributed by atoms with Gasteiger partial charge in [0.2, 0.25) is 0 Å². The predicted molar refractivity (Wildman–Crippen MR) is 74.8 cm³/mol. The first kappa shape index (κ1) is 15.2. The number of β-amino-alcohol motifs (C(OH)–C–C–N with tert-alkyl or cyclic N) is 1. The molecule has 0 amide bonds. The molecule has 0 bridgehead atoms. The predicted octanol–water partition coefficient (Wildman–Crippen LogP) is 0.993. The number of hydrogen-bond acceptors (Lipinski definition) is 4. The highest BCUT2D eigenvalue weighted by Crippen LogP contribution is 2.27. The Hall–Kier alpha value is -0.160. The van der Waals surface area contributed by atoms with Gasteiger partial charge in [-0.1, -0.05) is 32.1 Å². The zero-order valence-corrected chi connectivity index (χ0v) is 11.9. The Morgan fingerprint density at radius 1 is 1.00 bits per heavy atom. The third-order valence-electron chi connectivity index (χ3n) is 4.86. The van der Waals surface area contributed by atoms with E-state index < -0.39 is 12.2 Å². The smallest absolute Gasteiger partial charge is 0.0929 e. The lowest BCUT2D eigenvalue weighted by atomic mass is 9.86. The van der Waals surface area contributed by atoms with Crippen LogP contribution < -0.4 is 0 Å². The summed E-state index contributed by atoms with van der Waals surface area (Å²) in [5, 5.41) is 28.8. The lowest BCUT2D eigenvalue weighted by molar-refractivity contribution is -0.0863. The normalized spacial score (nSPS) is 34.6. The van der Waals surface area contributed by atoms with Crippen LogP contribution >= 0.6 is 0 Å². The molecule has 1 aliphatic carbocycles. The number of aliphatic hydroxyl groups is 3. The average Bonchev–Trinajstić information content (AvgIpc) is 2.43. The van der Waals surface area contributed by atoms with Crippen LogP contribution in [0.2, 0.25) is 0 Å². The van der Waals surface area contributed by atoms with Crippen LogP contribution in [0.4, 0.5) is 0 Å². The van der Waals surface area contributed by atoms with Gasteiger partial charge in [0.15, 0.2) is 0 Å². The molecule has 4 heteroatoms. The first-order chi connectivity index (χ1) is 9.20.